The topological polar surface area (TPSA) is 46.5 Å². The highest BCUT2D eigenvalue weighted by Gasteiger charge is 2.10. The van der Waals surface area contributed by atoms with Crippen molar-refractivity contribution in [2.45, 2.75) is 38.5 Å². The molecule has 1 N–H and O–H groups in total. The molecule has 0 aliphatic carbocycles. The quantitative estimate of drug-likeness (QED) is 0.176. The molecule has 0 saturated carbocycles. The number of hydrogen-bond donors (Lipinski definition) is 1. The molecule has 3 heteroatoms. The number of para-hydroxylation sites is 1. The molecule has 0 fully saturated rings. The van der Waals surface area contributed by atoms with E-state index in [1.54, 1.807) is 12.1 Å². The molecule has 38 heavy (non-hydrogen) atoms. The number of allylic oxidation sites excluding steroid dienone is 1. The Morgan fingerprint density at radius 3 is 2.03 bits per heavy atom. The summed E-state index contributed by atoms with van der Waals surface area (Å²) in [6.45, 7) is 0.699. The Balaban J connectivity index is 1.38. The van der Waals surface area contributed by atoms with Crippen LogP contribution in [0.15, 0.2) is 115 Å². The summed E-state index contributed by atoms with van der Waals surface area (Å²) in [6.07, 6.45) is 10.5. The number of carboxylic acids is 1. The van der Waals surface area contributed by atoms with Crippen molar-refractivity contribution in [1.29, 1.82) is 0 Å². The Morgan fingerprint density at radius 2 is 1.34 bits per heavy atom. The number of aryl methyl sites for hydroxylation is 2. The summed E-state index contributed by atoms with van der Waals surface area (Å²) in [5, 5.41) is 9.22. The van der Waals surface area contributed by atoms with Crippen LogP contribution in [0.2, 0.25) is 0 Å². The Labute approximate surface area is 226 Å². The maximum Gasteiger partial charge on any atom is 0.335 e. The average molecular weight is 505 g/mol. The molecular formula is C35H36O3. The zero-order valence-corrected chi connectivity index (χ0v) is 21.8. The fraction of sp³-hybridized carbons (Fsp3) is 0.229. The van der Waals surface area contributed by atoms with Gasteiger partial charge in [-0.2, -0.15) is 0 Å². The number of carbonyl (C=O) groups is 1. The van der Waals surface area contributed by atoms with Crippen LogP contribution >= 0.6 is 0 Å². The molecule has 0 aliphatic heterocycles. The summed E-state index contributed by atoms with van der Waals surface area (Å²) < 4.78 is 6.18. The second-order valence-corrected chi connectivity index (χ2v) is 9.68. The molecule has 1 atom stereocenters. The van der Waals surface area contributed by atoms with E-state index in [1.165, 1.54) is 11.1 Å². The summed E-state index contributed by atoms with van der Waals surface area (Å²) in [6, 6.07) is 36.6. The van der Waals surface area contributed by atoms with E-state index in [9.17, 15) is 9.90 Å². The molecule has 0 bridgehead atoms. The molecule has 194 valence electrons. The van der Waals surface area contributed by atoms with Crippen molar-refractivity contribution in [2.75, 3.05) is 6.61 Å². The molecule has 4 rings (SSSR count). The summed E-state index contributed by atoms with van der Waals surface area (Å²) in [7, 11) is 0. The summed E-state index contributed by atoms with van der Waals surface area (Å²) >= 11 is 0. The number of hydrogen-bond acceptors (Lipinski definition) is 2. The maximum absolute atomic E-state index is 11.2. The SMILES string of the molecule is O=C(O)c1ccc(CC(/C=C/c2ccccc2OCCCCc2ccccc2)CCc2ccccc2)cc1. The van der Waals surface area contributed by atoms with Crippen LogP contribution in [0.5, 0.6) is 5.75 Å². The molecule has 0 aromatic heterocycles. The number of ether oxygens (including phenoxy) is 1. The Morgan fingerprint density at radius 1 is 0.711 bits per heavy atom. The van der Waals surface area contributed by atoms with E-state index in [2.05, 4.69) is 72.8 Å². The van der Waals surface area contributed by atoms with Crippen LogP contribution in [0.1, 0.15) is 51.9 Å². The normalized spacial score (nSPS) is 11.9. The lowest BCUT2D eigenvalue weighted by molar-refractivity contribution is 0.0697. The first-order valence-electron chi connectivity index (χ1n) is 13.5. The van der Waals surface area contributed by atoms with E-state index in [4.69, 9.17) is 4.74 Å². The molecule has 0 heterocycles. The van der Waals surface area contributed by atoms with Crippen molar-refractivity contribution < 1.29 is 14.6 Å². The van der Waals surface area contributed by atoms with Crippen molar-refractivity contribution in [2.24, 2.45) is 5.92 Å². The minimum atomic E-state index is -0.895. The van der Waals surface area contributed by atoms with Crippen molar-refractivity contribution in [1.82, 2.24) is 0 Å². The second kappa shape index (κ2) is 14.6. The van der Waals surface area contributed by atoms with Gasteiger partial charge < -0.3 is 9.84 Å². The van der Waals surface area contributed by atoms with Gasteiger partial charge in [0.15, 0.2) is 0 Å². The van der Waals surface area contributed by atoms with Crippen LogP contribution in [-0.4, -0.2) is 17.7 Å². The largest absolute Gasteiger partial charge is 0.493 e. The first kappa shape index (κ1) is 26.9. The molecule has 0 aliphatic rings. The van der Waals surface area contributed by atoms with Crippen LogP contribution in [0, 0.1) is 5.92 Å². The maximum atomic E-state index is 11.2. The number of benzene rings is 4. The van der Waals surface area contributed by atoms with Crippen LogP contribution in [0.25, 0.3) is 6.08 Å². The lowest BCUT2D eigenvalue weighted by atomic mass is 9.91. The first-order chi connectivity index (χ1) is 18.7. The summed E-state index contributed by atoms with van der Waals surface area (Å²) in [5.41, 5.74) is 5.24. The van der Waals surface area contributed by atoms with E-state index in [-0.39, 0.29) is 0 Å². The van der Waals surface area contributed by atoms with Gasteiger partial charge in [0.1, 0.15) is 5.75 Å². The van der Waals surface area contributed by atoms with Crippen molar-refractivity contribution in [3.05, 3.63) is 143 Å². The van der Waals surface area contributed by atoms with Gasteiger partial charge in [-0.3, -0.25) is 0 Å². The van der Waals surface area contributed by atoms with E-state index < -0.39 is 5.97 Å². The highest BCUT2D eigenvalue weighted by molar-refractivity contribution is 5.87. The number of rotatable bonds is 14. The lowest BCUT2D eigenvalue weighted by Crippen LogP contribution is -2.05. The van der Waals surface area contributed by atoms with E-state index in [1.807, 2.05) is 36.4 Å². The van der Waals surface area contributed by atoms with Gasteiger partial charge in [-0.15, -0.1) is 0 Å². The predicted octanol–water partition coefficient (Wildman–Crippen LogP) is 8.29. The van der Waals surface area contributed by atoms with Gasteiger partial charge in [0.2, 0.25) is 0 Å². The minimum Gasteiger partial charge on any atom is -0.493 e. The van der Waals surface area contributed by atoms with Crippen LogP contribution in [0.4, 0.5) is 0 Å². The van der Waals surface area contributed by atoms with E-state index >= 15 is 0 Å². The Kier molecular flexibility index (Phi) is 10.3. The monoisotopic (exact) mass is 504 g/mol. The summed E-state index contributed by atoms with van der Waals surface area (Å²) in [4.78, 5) is 11.2. The third-order valence-electron chi connectivity index (χ3n) is 6.77. The van der Waals surface area contributed by atoms with Crippen LogP contribution in [0.3, 0.4) is 0 Å². The van der Waals surface area contributed by atoms with E-state index in [0.717, 1.165) is 55.4 Å². The smallest absolute Gasteiger partial charge is 0.335 e. The van der Waals surface area contributed by atoms with Gasteiger partial charge in [0.25, 0.3) is 0 Å². The standard InChI is InChI=1S/C35H36O3/c36-35(37)33-24-21-31(22-25-33)27-30(19-18-29-13-5-2-6-14-29)20-23-32-16-7-8-17-34(32)38-26-10-9-15-28-11-3-1-4-12-28/h1-8,11-14,16-17,20-25,30H,9-10,15,18-19,26-27H2,(H,36,37)/b23-20+. The fourth-order valence-corrected chi connectivity index (χ4v) is 4.60. The van der Waals surface area contributed by atoms with Gasteiger partial charge in [0, 0.05) is 5.56 Å². The van der Waals surface area contributed by atoms with Crippen LogP contribution < -0.4 is 4.74 Å². The molecule has 0 saturated heterocycles. The molecule has 0 amide bonds. The van der Waals surface area contributed by atoms with Crippen molar-refractivity contribution in [3.8, 4) is 5.75 Å². The zero-order valence-electron chi connectivity index (χ0n) is 21.8. The van der Waals surface area contributed by atoms with Gasteiger partial charge >= 0.3 is 5.97 Å². The Bertz CT molecular complexity index is 1280. The zero-order chi connectivity index (χ0) is 26.4. The molecule has 0 spiro atoms. The molecule has 4 aromatic rings. The van der Waals surface area contributed by atoms with E-state index in [0.29, 0.717) is 18.1 Å². The molecular weight excluding hydrogens is 468 g/mol. The van der Waals surface area contributed by atoms with Crippen LogP contribution in [-0.2, 0) is 19.3 Å². The van der Waals surface area contributed by atoms with Gasteiger partial charge in [-0.05, 0) is 79.3 Å². The van der Waals surface area contributed by atoms with Gasteiger partial charge in [-0.1, -0.05) is 103 Å². The first-order valence-corrected chi connectivity index (χ1v) is 13.5. The van der Waals surface area contributed by atoms with Gasteiger partial charge in [0.05, 0.1) is 12.2 Å². The molecule has 0 radical (unpaired) electrons. The highest BCUT2D eigenvalue weighted by Crippen LogP contribution is 2.24. The Hall–Kier alpha value is -4.11. The lowest BCUT2D eigenvalue weighted by Gasteiger charge is -2.14. The molecule has 1 unspecified atom stereocenters. The third kappa shape index (κ3) is 8.77. The number of carboxylic acid groups (broad SMARTS) is 1. The van der Waals surface area contributed by atoms with Crippen molar-refractivity contribution >= 4 is 12.0 Å². The minimum absolute atomic E-state index is 0.310. The molecule has 4 aromatic carbocycles. The number of aromatic carboxylic acids is 1. The van der Waals surface area contributed by atoms with Crippen molar-refractivity contribution in [3.63, 3.8) is 0 Å². The third-order valence-corrected chi connectivity index (χ3v) is 6.77. The fourth-order valence-electron chi connectivity index (χ4n) is 4.60. The second-order valence-electron chi connectivity index (χ2n) is 9.68. The average Bonchev–Trinajstić information content (AvgIpc) is 2.96. The predicted molar refractivity (Wildman–Crippen MR) is 156 cm³/mol. The summed E-state index contributed by atoms with van der Waals surface area (Å²) in [5.74, 6) is 0.328. The molecule has 3 nitrogen and oxygen atoms in total. The van der Waals surface area contributed by atoms with Gasteiger partial charge in [-0.25, -0.2) is 4.79 Å². The number of unbranched alkanes of at least 4 members (excludes halogenated alkanes) is 1. The highest BCUT2D eigenvalue weighted by atomic mass is 16.5.